The Balaban J connectivity index is 2.06. The van der Waals surface area contributed by atoms with Crippen LogP contribution in [-0.2, 0) is 23.0 Å². The van der Waals surface area contributed by atoms with Crippen molar-refractivity contribution in [2.24, 2.45) is 5.73 Å². The van der Waals surface area contributed by atoms with Crippen molar-refractivity contribution in [3.8, 4) is 0 Å². The summed E-state index contributed by atoms with van der Waals surface area (Å²) in [6, 6.07) is 10.3. The molecule has 0 radical (unpaired) electrons. The van der Waals surface area contributed by atoms with Gasteiger partial charge >= 0.3 is 0 Å². The van der Waals surface area contributed by atoms with Crippen molar-refractivity contribution in [3.63, 3.8) is 0 Å². The van der Waals surface area contributed by atoms with Crippen LogP contribution >= 0.6 is 0 Å². The molecule has 0 unspecified atom stereocenters. The molecule has 106 valence electrons. The second-order valence-corrected chi connectivity index (χ2v) is 6.14. The van der Waals surface area contributed by atoms with Crippen LogP contribution in [0.25, 0.3) is 0 Å². The Kier molecular flexibility index (Phi) is 4.84. The predicted octanol–water partition coefficient (Wildman–Crippen LogP) is 1.06. The minimum atomic E-state index is -3.50. The molecule has 0 bridgehead atoms. The summed E-state index contributed by atoms with van der Waals surface area (Å²) in [4.78, 5) is 4.20. The number of nitrogens with one attached hydrogen (secondary N) is 1. The number of pyridine rings is 1. The van der Waals surface area contributed by atoms with E-state index >= 15 is 0 Å². The lowest BCUT2D eigenvalue weighted by atomic mass is 10.2. The van der Waals surface area contributed by atoms with E-state index in [0.29, 0.717) is 6.54 Å². The molecule has 1 heterocycles. The van der Waals surface area contributed by atoms with Gasteiger partial charge in [-0.1, -0.05) is 18.2 Å². The van der Waals surface area contributed by atoms with Gasteiger partial charge in [-0.2, -0.15) is 0 Å². The van der Waals surface area contributed by atoms with E-state index in [9.17, 15) is 8.42 Å². The molecular weight excluding hydrogens is 274 g/mol. The number of nitrogens with zero attached hydrogens (tertiary/aromatic N) is 1. The molecule has 0 spiro atoms. The Bertz CT molecular complexity index is 640. The van der Waals surface area contributed by atoms with E-state index in [1.165, 1.54) is 0 Å². The molecule has 2 aromatic rings. The molecule has 0 fully saturated rings. The molecule has 1 aromatic carbocycles. The summed E-state index contributed by atoms with van der Waals surface area (Å²) >= 11 is 0. The second-order valence-electron chi connectivity index (χ2n) is 4.37. The molecule has 0 aliphatic heterocycles. The van der Waals surface area contributed by atoms with Crippen molar-refractivity contribution in [3.05, 3.63) is 59.9 Å². The van der Waals surface area contributed by atoms with Gasteiger partial charge in [0.15, 0.2) is 0 Å². The number of hydrogen-bond donors (Lipinski definition) is 2. The maximum atomic E-state index is 12.1. The molecule has 0 saturated heterocycles. The maximum absolute atomic E-state index is 12.1. The highest BCUT2D eigenvalue weighted by Gasteiger charge is 2.13. The summed E-state index contributed by atoms with van der Waals surface area (Å²) < 4.78 is 26.8. The fraction of sp³-hybridized carbons (Fsp3) is 0.214. The van der Waals surface area contributed by atoms with Gasteiger partial charge in [-0.3, -0.25) is 4.98 Å². The van der Waals surface area contributed by atoms with Crippen LogP contribution < -0.4 is 10.5 Å². The number of rotatable bonds is 6. The predicted molar refractivity (Wildman–Crippen MR) is 77.5 cm³/mol. The lowest BCUT2D eigenvalue weighted by Crippen LogP contribution is -2.23. The minimum absolute atomic E-state index is 0.223. The first kappa shape index (κ1) is 14.6. The monoisotopic (exact) mass is 291 g/mol. The third-order valence-corrected chi connectivity index (χ3v) is 4.27. The Morgan fingerprint density at radius 2 is 1.85 bits per heavy atom. The van der Waals surface area contributed by atoms with Crippen LogP contribution in [0.3, 0.4) is 0 Å². The van der Waals surface area contributed by atoms with Gasteiger partial charge in [-0.25, -0.2) is 13.1 Å². The summed E-state index contributed by atoms with van der Waals surface area (Å²) in [6.07, 6.45) is 4.02. The summed E-state index contributed by atoms with van der Waals surface area (Å²) in [7, 11) is -3.50. The van der Waals surface area contributed by atoms with E-state index in [2.05, 4.69) is 9.71 Å². The van der Waals surface area contributed by atoms with Crippen LogP contribution in [0.4, 0.5) is 0 Å². The molecule has 6 heteroatoms. The van der Waals surface area contributed by atoms with Crippen molar-refractivity contribution >= 4 is 10.0 Å². The van der Waals surface area contributed by atoms with E-state index < -0.39 is 10.0 Å². The topological polar surface area (TPSA) is 85.1 Å². The van der Waals surface area contributed by atoms with Gasteiger partial charge < -0.3 is 5.73 Å². The fourth-order valence-corrected chi connectivity index (χ4v) is 2.78. The van der Waals surface area contributed by atoms with Gasteiger partial charge in [-0.15, -0.1) is 0 Å². The highest BCUT2D eigenvalue weighted by molar-refractivity contribution is 7.89. The first-order valence-corrected chi connectivity index (χ1v) is 7.78. The third kappa shape index (κ3) is 3.86. The number of aromatic nitrogens is 1. The minimum Gasteiger partial charge on any atom is -0.330 e. The van der Waals surface area contributed by atoms with Crippen LogP contribution in [0.5, 0.6) is 0 Å². The third-order valence-electron chi connectivity index (χ3n) is 2.86. The molecule has 0 aliphatic carbocycles. The number of nitrogens with two attached hydrogens (primary N) is 1. The standard InChI is InChI=1S/C14H17N3O2S/c15-8-7-12-3-5-14(6-4-12)20(18,19)17-11-13-2-1-9-16-10-13/h1-6,9-10,17H,7-8,11,15H2. The Morgan fingerprint density at radius 3 is 2.45 bits per heavy atom. The van der Waals surface area contributed by atoms with Crippen LogP contribution in [0, 0.1) is 0 Å². The van der Waals surface area contributed by atoms with Crippen LogP contribution in [0.1, 0.15) is 11.1 Å². The molecule has 2 rings (SSSR count). The Hall–Kier alpha value is -1.76. The highest BCUT2D eigenvalue weighted by Crippen LogP contribution is 2.11. The largest absolute Gasteiger partial charge is 0.330 e. The number of hydrogen-bond acceptors (Lipinski definition) is 4. The van der Waals surface area contributed by atoms with Gasteiger partial charge in [0.25, 0.3) is 0 Å². The van der Waals surface area contributed by atoms with Crippen molar-refractivity contribution in [2.75, 3.05) is 6.54 Å². The summed E-state index contributed by atoms with van der Waals surface area (Å²) in [6.45, 7) is 0.770. The average molecular weight is 291 g/mol. The second kappa shape index (κ2) is 6.60. The average Bonchev–Trinajstić information content (AvgIpc) is 2.47. The molecule has 0 aliphatic rings. The molecular formula is C14H17N3O2S. The van der Waals surface area contributed by atoms with Gasteiger partial charge in [0.05, 0.1) is 4.90 Å². The van der Waals surface area contributed by atoms with Gasteiger partial charge in [0.1, 0.15) is 0 Å². The Labute approximate surface area is 118 Å². The highest BCUT2D eigenvalue weighted by atomic mass is 32.2. The smallest absolute Gasteiger partial charge is 0.240 e. The first-order chi connectivity index (χ1) is 9.62. The van der Waals surface area contributed by atoms with Gasteiger partial charge in [0, 0.05) is 18.9 Å². The zero-order valence-electron chi connectivity index (χ0n) is 11.0. The lowest BCUT2D eigenvalue weighted by Gasteiger charge is -2.07. The normalized spacial score (nSPS) is 11.4. The molecule has 1 aromatic heterocycles. The van der Waals surface area contributed by atoms with Crippen LogP contribution in [0.2, 0.25) is 0 Å². The molecule has 0 atom stereocenters. The summed E-state index contributed by atoms with van der Waals surface area (Å²) in [5.74, 6) is 0. The van der Waals surface area contributed by atoms with E-state index in [4.69, 9.17) is 5.73 Å². The molecule has 20 heavy (non-hydrogen) atoms. The molecule has 5 nitrogen and oxygen atoms in total. The van der Waals surface area contributed by atoms with Crippen molar-refractivity contribution in [1.29, 1.82) is 0 Å². The maximum Gasteiger partial charge on any atom is 0.240 e. The molecule has 0 saturated carbocycles. The van der Waals surface area contributed by atoms with Crippen molar-refractivity contribution in [1.82, 2.24) is 9.71 Å². The van der Waals surface area contributed by atoms with Gasteiger partial charge in [-0.05, 0) is 42.3 Å². The van der Waals surface area contributed by atoms with Crippen molar-refractivity contribution < 1.29 is 8.42 Å². The van der Waals surface area contributed by atoms with E-state index in [0.717, 1.165) is 17.5 Å². The fourth-order valence-electron chi connectivity index (χ4n) is 1.77. The lowest BCUT2D eigenvalue weighted by molar-refractivity contribution is 0.581. The van der Waals surface area contributed by atoms with Crippen molar-refractivity contribution in [2.45, 2.75) is 17.9 Å². The first-order valence-electron chi connectivity index (χ1n) is 6.29. The van der Waals surface area contributed by atoms with Crippen LogP contribution in [0.15, 0.2) is 53.7 Å². The Morgan fingerprint density at radius 1 is 1.10 bits per heavy atom. The molecule has 0 amide bonds. The summed E-state index contributed by atoms with van der Waals surface area (Å²) in [5.41, 5.74) is 7.30. The SMILES string of the molecule is NCCc1ccc(S(=O)(=O)NCc2cccnc2)cc1. The summed E-state index contributed by atoms with van der Waals surface area (Å²) in [5, 5.41) is 0. The van der Waals surface area contributed by atoms with Crippen LogP contribution in [-0.4, -0.2) is 19.9 Å². The number of benzene rings is 1. The zero-order valence-corrected chi connectivity index (χ0v) is 11.8. The quantitative estimate of drug-likeness (QED) is 0.833. The molecule has 3 N–H and O–H groups in total. The van der Waals surface area contributed by atoms with Gasteiger partial charge in [0.2, 0.25) is 10.0 Å². The number of sulfonamides is 1. The van der Waals surface area contributed by atoms with E-state index in [1.54, 1.807) is 42.7 Å². The zero-order chi connectivity index (χ0) is 14.4. The van der Waals surface area contributed by atoms with E-state index in [1.807, 2.05) is 6.07 Å². The van der Waals surface area contributed by atoms with E-state index in [-0.39, 0.29) is 11.4 Å².